The van der Waals surface area contributed by atoms with E-state index in [1.54, 1.807) is 0 Å². The van der Waals surface area contributed by atoms with E-state index in [1.807, 2.05) is 60.7 Å². The lowest BCUT2D eigenvalue weighted by Gasteiger charge is -2.17. The van der Waals surface area contributed by atoms with E-state index in [2.05, 4.69) is 5.32 Å². The van der Waals surface area contributed by atoms with E-state index >= 15 is 0 Å². The molecule has 174 valence electrons. The molecule has 2 aromatic carbocycles. The molecule has 0 saturated heterocycles. The standard InChI is InChI=1S/C13H17NO4.C11H15NO2/c1-9(12(15)16)14-11(13(17)18)8-7-10-5-3-2-4-6-10;12-10(11(13)14)8-4-7-9-5-2-1-3-6-9/h2-6,9,11,14H,7-8H2,1H3,(H,15,16)(H,17,18);1-3,5-6,10H,4,7-8,12H2,(H,13,14)/t9-,11+;10-/m10/s1. The number of aryl methyl sites for hydroxylation is 2. The van der Waals surface area contributed by atoms with Crippen LogP contribution in [0, 0.1) is 0 Å². The van der Waals surface area contributed by atoms with Crippen molar-refractivity contribution in [2.45, 2.75) is 57.2 Å². The van der Waals surface area contributed by atoms with Crippen LogP contribution >= 0.6 is 0 Å². The van der Waals surface area contributed by atoms with Gasteiger partial charge in [-0.25, -0.2) is 0 Å². The van der Waals surface area contributed by atoms with Gasteiger partial charge in [-0.1, -0.05) is 60.7 Å². The average molecular weight is 445 g/mol. The molecule has 2 rings (SSSR count). The van der Waals surface area contributed by atoms with E-state index in [0.29, 0.717) is 19.3 Å². The average Bonchev–Trinajstić information content (AvgIpc) is 2.77. The summed E-state index contributed by atoms with van der Waals surface area (Å²) < 4.78 is 0. The van der Waals surface area contributed by atoms with Crippen molar-refractivity contribution in [3.05, 3.63) is 71.8 Å². The highest BCUT2D eigenvalue weighted by Crippen LogP contribution is 2.07. The summed E-state index contributed by atoms with van der Waals surface area (Å²) in [5, 5.41) is 28.9. The van der Waals surface area contributed by atoms with Gasteiger partial charge in [0.25, 0.3) is 0 Å². The maximum atomic E-state index is 11.0. The number of hydrogen-bond donors (Lipinski definition) is 5. The first-order valence-electron chi connectivity index (χ1n) is 10.5. The van der Waals surface area contributed by atoms with Gasteiger partial charge in [0.2, 0.25) is 0 Å². The Labute approximate surface area is 188 Å². The Hall–Kier alpha value is -3.23. The third kappa shape index (κ3) is 11.2. The molecule has 0 fully saturated rings. The van der Waals surface area contributed by atoms with Crippen LogP contribution in [0.3, 0.4) is 0 Å². The quantitative estimate of drug-likeness (QED) is 0.335. The van der Waals surface area contributed by atoms with Gasteiger partial charge in [0.15, 0.2) is 0 Å². The zero-order valence-corrected chi connectivity index (χ0v) is 18.2. The molecule has 0 radical (unpaired) electrons. The molecule has 0 aromatic heterocycles. The summed E-state index contributed by atoms with van der Waals surface area (Å²) in [7, 11) is 0. The van der Waals surface area contributed by atoms with E-state index in [0.717, 1.165) is 18.4 Å². The smallest absolute Gasteiger partial charge is 0.320 e. The van der Waals surface area contributed by atoms with Gasteiger partial charge >= 0.3 is 17.9 Å². The number of carbonyl (C=O) groups is 3. The van der Waals surface area contributed by atoms with Crippen LogP contribution < -0.4 is 11.1 Å². The van der Waals surface area contributed by atoms with Gasteiger partial charge < -0.3 is 21.1 Å². The molecular formula is C24H32N2O6. The van der Waals surface area contributed by atoms with Gasteiger partial charge in [-0.2, -0.15) is 0 Å². The van der Waals surface area contributed by atoms with Gasteiger partial charge in [0.1, 0.15) is 18.1 Å². The number of rotatable bonds is 12. The topological polar surface area (TPSA) is 150 Å². The molecule has 6 N–H and O–H groups in total. The maximum absolute atomic E-state index is 11.0. The summed E-state index contributed by atoms with van der Waals surface area (Å²) in [6.07, 6.45) is 3.19. The first kappa shape index (κ1) is 26.8. The number of nitrogens with two attached hydrogens (primary N) is 1. The molecule has 0 saturated carbocycles. The Morgan fingerprint density at radius 3 is 1.72 bits per heavy atom. The predicted molar refractivity (Wildman–Crippen MR) is 121 cm³/mol. The molecule has 0 unspecified atom stereocenters. The number of carboxylic acids is 3. The summed E-state index contributed by atoms with van der Waals surface area (Å²) in [4.78, 5) is 32.1. The first-order valence-corrected chi connectivity index (χ1v) is 10.5. The van der Waals surface area contributed by atoms with Gasteiger partial charge in [-0.15, -0.1) is 0 Å². The lowest BCUT2D eigenvalue weighted by molar-refractivity contribution is -0.142. The lowest BCUT2D eigenvalue weighted by atomic mass is 10.0. The second kappa shape index (κ2) is 14.7. The minimum Gasteiger partial charge on any atom is -0.480 e. The van der Waals surface area contributed by atoms with Crippen LogP contribution in [0.4, 0.5) is 0 Å². The normalized spacial score (nSPS) is 13.2. The monoisotopic (exact) mass is 444 g/mol. The Morgan fingerprint density at radius 2 is 1.28 bits per heavy atom. The van der Waals surface area contributed by atoms with Gasteiger partial charge in [0.05, 0.1) is 0 Å². The number of benzene rings is 2. The fourth-order valence-electron chi connectivity index (χ4n) is 2.90. The highest BCUT2D eigenvalue weighted by atomic mass is 16.4. The number of aliphatic carboxylic acids is 3. The summed E-state index contributed by atoms with van der Waals surface area (Å²) in [6, 6.07) is 17.0. The van der Waals surface area contributed by atoms with E-state index in [9.17, 15) is 14.4 Å². The molecule has 0 bridgehead atoms. The van der Waals surface area contributed by atoms with Crippen molar-refractivity contribution in [1.82, 2.24) is 5.32 Å². The molecule has 8 nitrogen and oxygen atoms in total. The molecule has 8 heteroatoms. The Morgan fingerprint density at radius 1 is 0.781 bits per heavy atom. The van der Waals surface area contributed by atoms with E-state index in [-0.39, 0.29) is 0 Å². The van der Waals surface area contributed by atoms with Crippen LogP contribution in [0.1, 0.15) is 37.3 Å². The molecule has 0 aliphatic rings. The Kier molecular flexibility index (Phi) is 12.3. The number of hydrogen-bond acceptors (Lipinski definition) is 5. The molecule has 0 amide bonds. The van der Waals surface area contributed by atoms with Crippen molar-refractivity contribution < 1.29 is 29.7 Å². The SMILES string of the molecule is C[C@@H](N[C@@H](CCc1ccccc1)C(=O)O)C(=O)O.N[C@@H](CCCc1ccccc1)C(=O)O. The Balaban J connectivity index is 0.000000330. The molecule has 3 atom stereocenters. The molecule has 0 spiro atoms. The van der Waals surface area contributed by atoms with Crippen LogP contribution in [0.5, 0.6) is 0 Å². The highest BCUT2D eigenvalue weighted by molar-refractivity contribution is 5.77. The second-order valence-electron chi connectivity index (χ2n) is 7.46. The van der Waals surface area contributed by atoms with Crippen molar-refractivity contribution in [2.24, 2.45) is 5.73 Å². The van der Waals surface area contributed by atoms with Gasteiger partial charge in [-0.05, 0) is 50.2 Å². The van der Waals surface area contributed by atoms with Crippen LogP contribution in [0.25, 0.3) is 0 Å². The summed E-state index contributed by atoms with van der Waals surface area (Å²) in [5.41, 5.74) is 7.64. The molecule has 0 heterocycles. The van der Waals surface area contributed by atoms with Crippen LogP contribution in [0.2, 0.25) is 0 Å². The molecule has 0 aliphatic heterocycles. The fourth-order valence-corrected chi connectivity index (χ4v) is 2.90. The van der Waals surface area contributed by atoms with Crippen molar-refractivity contribution in [3.63, 3.8) is 0 Å². The van der Waals surface area contributed by atoms with E-state index in [4.69, 9.17) is 21.1 Å². The van der Waals surface area contributed by atoms with Crippen molar-refractivity contribution in [1.29, 1.82) is 0 Å². The summed E-state index contributed by atoms with van der Waals surface area (Å²) in [5.74, 6) is -3.00. The van der Waals surface area contributed by atoms with Crippen molar-refractivity contribution in [2.75, 3.05) is 0 Å². The summed E-state index contributed by atoms with van der Waals surface area (Å²) >= 11 is 0. The van der Waals surface area contributed by atoms with Crippen LogP contribution in [-0.2, 0) is 27.2 Å². The minimum atomic E-state index is -1.05. The lowest BCUT2D eigenvalue weighted by Crippen LogP contribution is -2.45. The molecule has 0 aliphatic carbocycles. The fraction of sp³-hybridized carbons (Fsp3) is 0.375. The first-order chi connectivity index (χ1) is 15.2. The van der Waals surface area contributed by atoms with Gasteiger partial charge in [0, 0.05) is 0 Å². The number of nitrogens with one attached hydrogen (secondary N) is 1. The maximum Gasteiger partial charge on any atom is 0.320 e. The molecule has 2 aromatic rings. The number of carboxylic acid groups (broad SMARTS) is 3. The largest absolute Gasteiger partial charge is 0.480 e. The Bertz CT molecular complexity index is 829. The third-order valence-corrected chi connectivity index (χ3v) is 4.82. The molecule has 32 heavy (non-hydrogen) atoms. The van der Waals surface area contributed by atoms with Gasteiger partial charge in [-0.3, -0.25) is 19.7 Å². The van der Waals surface area contributed by atoms with Crippen LogP contribution in [-0.4, -0.2) is 51.4 Å². The third-order valence-electron chi connectivity index (χ3n) is 4.82. The highest BCUT2D eigenvalue weighted by Gasteiger charge is 2.22. The minimum absolute atomic E-state index is 0.358. The van der Waals surface area contributed by atoms with E-state index in [1.165, 1.54) is 12.5 Å². The predicted octanol–water partition coefficient (Wildman–Crippen LogP) is 2.56. The van der Waals surface area contributed by atoms with Crippen molar-refractivity contribution in [3.8, 4) is 0 Å². The zero-order chi connectivity index (χ0) is 23.9. The summed E-state index contributed by atoms with van der Waals surface area (Å²) in [6.45, 7) is 1.43. The van der Waals surface area contributed by atoms with Crippen LogP contribution in [0.15, 0.2) is 60.7 Å². The van der Waals surface area contributed by atoms with Crippen molar-refractivity contribution >= 4 is 17.9 Å². The zero-order valence-electron chi connectivity index (χ0n) is 18.2. The second-order valence-corrected chi connectivity index (χ2v) is 7.46. The van der Waals surface area contributed by atoms with E-state index < -0.39 is 36.0 Å². The molecular weight excluding hydrogens is 412 g/mol.